The molecule has 5 nitrogen and oxygen atoms in total. The van der Waals surface area contributed by atoms with E-state index in [9.17, 15) is 9.18 Å². The standard InChI is InChI=1S/C27H27FN4O/c1-18-15-21(19-8-10-22(28)11-9-19)16-25(29-18)20-5-4-14-32(17-20)27(33)13-12-26-30-23-6-2-3-7-24(23)31-26/h2-3,6-11,15-16,20H,4-5,12-14,17H2,1H3,(H,30,31). The normalized spacial score (nSPS) is 16.3. The minimum absolute atomic E-state index is 0.159. The second kappa shape index (κ2) is 9.14. The van der Waals surface area contributed by atoms with Crippen molar-refractivity contribution >= 4 is 16.9 Å². The smallest absolute Gasteiger partial charge is 0.223 e. The first-order valence-corrected chi connectivity index (χ1v) is 11.5. The highest BCUT2D eigenvalue weighted by atomic mass is 19.1. The van der Waals surface area contributed by atoms with Crippen LogP contribution in [0.2, 0.25) is 0 Å². The molecule has 1 N–H and O–H groups in total. The zero-order valence-electron chi connectivity index (χ0n) is 18.7. The lowest BCUT2D eigenvalue weighted by atomic mass is 9.92. The van der Waals surface area contributed by atoms with Gasteiger partial charge in [0.15, 0.2) is 0 Å². The number of amides is 1. The number of fused-ring (bicyclic) bond motifs is 1. The predicted molar refractivity (Wildman–Crippen MR) is 127 cm³/mol. The van der Waals surface area contributed by atoms with Crippen LogP contribution < -0.4 is 0 Å². The number of para-hydroxylation sites is 2. The highest BCUT2D eigenvalue weighted by Crippen LogP contribution is 2.30. The van der Waals surface area contributed by atoms with Gasteiger partial charge in [0.05, 0.1) is 11.0 Å². The summed E-state index contributed by atoms with van der Waals surface area (Å²) in [7, 11) is 0. The quantitative estimate of drug-likeness (QED) is 0.449. The van der Waals surface area contributed by atoms with E-state index in [4.69, 9.17) is 4.98 Å². The van der Waals surface area contributed by atoms with Crippen LogP contribution in [0.4, 0.5) is 4.39 Å². The Kier molecular flexibility index (Phi) is 5.90. The molecule has 2 aromatic carbocycles. The number of aryl methyl sites for hydroxylation is 2. The number of pyridine rings is 1. The molecule has 3 heterocycles. The highest BCUT2D eigenvalue weighted by molar-refractivity contribution is 5.77. The van der Waals surface area contributed by atoms with Crippen LogP contribution in [-0.2, 0) is 11.2 Å². The van der Waals surface area contributed by atoms with Gasteiger partial charge in [-0.1, -0.05) is 24.3 Å². The van der Waals surface area contributed by atoms with Crippen LogP contribution in [0.25, 0.3) is 22.2 Å². The molecule has 1 amide bonds. The number of benzene rings is 2. The van der Waals surface area contributed by atoms with E-state index in [2.05, 4.69) is 16.0 Å². The van der Waals surface area contributed by atoms with Crippen molar-refractivity contribution in [2.75, 3.05) is 13.1 Å². The van der Waals surface area contributed by atoms with Crippen LogP contribution in [0.15, 0.2) is 60.7 Å². The monoisotopic (exact) mass is 442 g/mol. The molecule has 1 saturated heterocycles. The molecule has 1 aliphatic heterocycles. The van der Waals surface area contributed by atoms with Crippen molar-refractivity contribution in [2.24, 2.45) is 0 Å². The van der Waals surface area contributed by atoms with Crippen LogP contribution >= 0.6 is 0 Å². The first-order chi connectivity index (χ1) is 16.0. The average molecular weight is 443 g/mol. The van der Waals surface area contributed by atoms with Crippen LogP contribution in [-0.4, -0.2) is 38.8 Å². The van der Waals surface area contributed by atoms with E-state index >= 15 is 0 Å². The number of carbonyl (C=O) groups excluding carboxylic acids is 1. The molecule has 2 aromatic heterocycles. The second-order valence-corrected chi connectivity index (χ2v) is 8.81. The molecular formula is C27H27FN4O. The fourth-order valence-electron chi connectivity index (χ4n) is 4.66. The lowest BCUT2D eigenvalue weighted by Gasteiger charge is -2.33. The molecule has 0 spiro atoms. The number of nitrogens with zero attached hydrogens (tertiary/aromatic N) is 3. The number of imidazole rings is 1. The first-order valence-electron chi connectivity index (χ1n) is 11.5. The maximum Gasteiger partial charge on any atom is 0.223 e. The number of aromatic amines is 1. The number of hydrogen-bond donors (Lipinski definition) is 1. The van der Waals surface area contributed by atoms with E-state index in [1.54, 1.807) is 12.1 Å². The topological polar surface area (TPSA) is 61.9 Å². The van der Waals surface area contributed by atoms with E-state index in [1.165, 1.54) is 12.1 Å². The van der Waals surface area contributed by atoms with Gasteiger partial charge in [-0.15, -0.1) is 0 Å². The van der Waals surface area contributed by atoms with Gasteiger partial charge < -0.3 is 9.88 Å². The molecule has 0 saturated carbocycles. The van der Waals surface area contributed by atoms with Crippen LogP contribution in [0.5, 0.6) is 0 Å². The molecule has 4 aromatic rings. The molecular weight excluding hydrogens is 415 g/mol. The van der Waals surface area contributed by atoms with Crippen molar-refractivity contribution in [3.05, 3.63) is 83.7 Å². The molecule has 0 bridgehead atoms. The molecule has 168 valence electrons. The van der Waals surface area contributed by atoms with Gasteiger partial charge in [0.2, 0.25) is 5.91 Å². The molecule has 1 aliphatic rings. The summed E-state index contributed by atoms with van der Waals surface area (Å²) < 4.78 is 13.3. The highest BCUT2D eigenvalue weighted by Gasteiger charge is 2.26. The summed E-state index contributed by atoms with van der Waals surface area (Å²) in [5, 5.41) is 0. The first kappa shape index (κ1) is 21.3. The third-order valence-electron chi connectivity index (χ3n) is 6.36. The molecule has 0 radical (unpaired) electrons. The number of carbonyl (C=O) groups is 1. The van der Waals surface area contributed by atoms with E-state index in [0.29, 0.717) is 19.4 Å². The minimum atomic E-state index is -0.242. The molecule has 1 fully saturated rings. The molecule has 33 heavy (non-hydrogen) atoms. The summed E-state index contributed by atoms with van der Waals surface area (Å²) in [6.07, 6.45) is 3.01. The Morgan fingerprint density at radius 1 is 1.09 bits per heavy atom. The number of H-pyrrole nitrogens is 1. The van der Waals surface area contributed by atoms with Crippen LogP contribution in [0.1, 0.15) is 42.4 Å². The Morgan fingerprint density at radius 3 is 2.73 bits per heavy atom. The number of halogens is 1. The van der Waals surface area contributed by atoms with Crippen LogP contribution in [0, 0.1) is 12.7 Å². The maximum absolute atomic E-state index is 13.3. The largest absolute Gasteiger partial charge is 0.342 e. The number of hydrogen-bond acceptors (Lipinski definition) is 3. The summed E-state index contributed by atoms with van der Waals surface area (Å²) in [5.41, 5.74) is 5.87. The van der Waals surface area contributed by atoms with E-state index < -0.39 is 0 Å². The van der Waals surface area contributed by atoms with Crippen LogP contribution in [0.3, 0.4) is 0 Å². The number of likely N-dealkylation sites (tertiary alicyclic amines) is 1. The predicted octanol–water partition coefficient (Wildman–Crippen LogP) is 5.41. The molecule has 1 unspecified atom stereocenters. The molecule has 5 rings (SSSR count). The Balaban J connectivity index is 1.27. The number of rotatable bonds is 5. The Morgan fingerprint density at radius 2 is 1.91 bits per heavy atom. The summed E-state index contributed by atoms with van der Waals surface area (Å²) in [5.74, 6) is 0.968. The van der Waals surface area contributed by atoms with Gasteiger partial charge in [0, 0.05) is 43.2 Å². The fraction of sp³-hybridized carbons (Fsp3) is 0.296. The Bertz CT molecular complexity index is 1250. The van der Waals surface area contributed by atoms with Gasteiger partial charge in [0.25, 0.3) is 0 Å². The Hall–Kier alpha value is -3.54. The van der Waals surface area contributed by atoms with Crippen molar-refractivity contribution < 1.29 is 9.18 Å². The van der Waals surface area contributed by atoms with Crippen molar-refractivity contribution in [2.45, 2.75) is 38.5 Å². The average Bonchev–Trinajstić information content (AvgIpc) is 3.26. The van der Waals surface area contributed by atoms with Crippen molar-refractivity contribution in [1.29, 1.82) is 0 Å². The van der Waals surface area contributed by atoms with Gasteiger partial charge in [-0.05, 0) is 67.3 Å². The van der Waals surface area contributed by atoms with Gasteiger partial charge in [-0.3, -0.25) is 9.78 Å². The Labute approximate surface area is 192 Å². The van der Waals surface area contributed by atoms with Crippen molar-refractivity contribution in [3.63, 3.8) is 0 Å². The number of nitrogens with one attached hydrogen (secondary N) is 1. The van der Waals surface area contributed by atoms with E-state index in [1.807, 2.05) is 42.2 Å². The zero-order valence-corrected chi connectivity index (χ0v) is 18.7. The van der Waals surface area contributed by atoms with Crippen molar-refractivity contribution in [1.82, 2.24) is 19.9 Å². The summed E-state index contributed by atoms with van der Waals surface area (Å²) in [6.45, 7) is 3.44. The lowest BCUT2D eigenvalue weighted by Crippen LogP contribution is -2.39. The third kappa shape index (κ3) is 4.80. The minimum Gasteiger partial charge on any atom is -0.342 e. The SMILES string of the molecule is Cc1cc(-c2ccc(F)cc2)cc(C2CCCN(C(=O)CCc3nc4ccccc4[nH]3)C2)n1. The maximum atomic E-state index is 13.3. The molecule has 1 atom stereocenters. The van der Waals surface area contributed by atoms with Crippen molar-refractivity contribution in [3.8, 4) is 11.1 Å². The third-order valence-corrected chi connectivity index (χ3v) is 6.36. The van der Waals surface area contributed by atoms with Gasteiger partial charge in [-0.2, -0.15) is 0 Å². The molecule has 0 aliphatic carbocycles. The molecule has 6 heteroatoms. The van der Waals surface area contributed by atoms with E-state index in [-0.39, 0.29) is 17.6 Å². The fourth-order valence-corrected chi connectivity index (χ4v) is 4.66. The summed E-state index contributed by atoms with van der Waals surface area (Å²) in [4.78, 5) is 27.6. The van der Waals surface area contributed by atoms with Gasteiger partial charge in [0.1, 0.15) is 11.6 Å². The van der Waals surface area contributed by atoms with Gasteiger partial charge >= 0.3 is 0 Å². The number of aromatic nitrogens is 3. The summed E-state index contributed by atoms with van der Waals surface area (Å²) in [6, 6.07) is 18.6. The summed E-state index contributed by atoms with van der Waals surface area (Å²) >= 11 is 0. The van der Waals surface area contributed by atoms with Gasteiger partial charge in [-0.25, -0.2) is 9.37 Å². The van der Waals surface area contributed by atoms with E-state index in [0.717, 1.165) is 58.8 Å². The lowest BCUT2D eigenvalue weighted by molar-refractivity contribution is -0.132. The second-order valence-electron chi connectivity index (χ2n) is 8.81. The zero-order chi connectivity index (χ0) is 22.8. The number of piperidine rings is 1.